The van der Waals surface area contributed by atoms with Crippen LogP contribution in [0, 0.1) is 5.92 Å². The first kappa shape index (κ1) is 18.2. The minimum absolute atomic E-state index is 0. The van der Waals surface area contributed by atoms with Crippen LogP contribution in [-0.4, -0.2) is 18.4 Å². The van der Waals surface area contributed by atoms with Gasteiger partial charge in [0.25, 0.3) is 0 Å². The normalized spacial score (nSPS) is 21.2. The Hall–Kier alpha value is -0.810. The summed E-state index contributed by atoms with van der Waals surface area (Å²) in [5, 5.41) is 12.4. The van der Waals surface area contributed by atoms with Crippen LogP contribution in [-0.2, 0) is 14.3 Å². The Kier molecular flexibility index (Phi) is 6.94. The third-order valence-corrected chi connectivity index (χ3v) is 3.62. The van der Waals surface area contributed by atoms with Gasteiger partial charge in [0.05, 0.1) is 12.5 Å². The van der Waals surface area contributed by atoms with Gasteiger partial charge in [-0.25, -0.2) is 0 Å². The molecule has 4 nitrogen and oxygen atoms in total. The largest absolute Gasteiger partial charge is 1.00 e. The van der Waals surface area contributed by atoms with Crippen molar-refractivity contribution >= 4 is 23.4 Å². The number of allylic oxidation sites excluding steroid dienone is 1. The van der Waals surface area contributed by atoms with Gasteiger partial charge in [-0.15, -0.1) is 5.76 Å². The molecule has 2 rings (SSSR count). The summed E-state index contributed by atoms with van der Waals surface area (Å²) in [6.45, 7) is 1.86. The maximum Gasteiger partial charge on any atom is 1.00 e. The van der Waals surface area contributed by atoms with E-state index in [2.05, 4.69) is 0 Å². The quantitative estimate of drug-likeness (QED) is 0.520. The first-order valence-electron chi connectivity index (χ1n) is 6.37. The molecule has 106 valence electrons. The second-order valence-corrected chi connectivity index (χ2v) is 4.98. The summed E-state index contributed by atoms with van der Waals surface area (Å²) in [4.78, 5) is 23.6. The van der Waals surface area contributed by atoms with Crippen molar-refractivity contribution < 1.29 is 49.0 Å². The zero-order valence-electron chi connectivity index (χ0n) is 12.0. The minimum atomic E-state index is -0.993. The molecule has 0 aliphatic heterocycles. The Morgan fingerprint density at radius 3 is 2.71 bits per heavy atom. The number of carbonyl (C=O) groups is 2. The fourth-order valence-electron chi connectivity index (χ4n) is 2.42. The Labute approximate surface area is 150 Å². The van der Waals surface area contributed by atoms with Crippen molar-refractivity contribution in [2.24, 2.45) is 5.92 Å². The zero-order chi connectivity index (χ0) is 14.7. The number of hydrogen-bond acceptors (Lipinski definition) is 4. The van der Waals surface area contributed by atoms with Crippen LogP contribution in [0.2, 0.25) is 5.02 Å². The van der Waals surface area contributed by atoms with E-state index in [4.69, 9.17) is 16.3 Å². The third kappa shape index (κ3) is 4.10. The Bertz CT molecular complexity index is 571. The Balaban J connectivity index is 0.00000220. The van der Waals surface area contributed by atoms with Crippen molar-refractivity contribution in [3.63, 3.8) is 0 Å². The van der Waals surface area contributed by atoms with Gasteiger partial charge in [0.2, 0.25) is 0 Å². The fourth-order valence-corrected chi connectivity index (χ4v) is 2.69. The smallest absolute Gasteiger partial charge is 0.875 e. The summed E-state index contributed by atoms with van der Waals surface area (Å²) in [5.41, 5.74) is 0.627. The molecule has 0 N–H and O–H groups in total. The van der Waals surface area contributed by atoms with Crippen molar-refractivity contribution in [3.8, 4) is 0 Å². The van der Waals surface area contributed by atoms with Gasteiger partial charge in [0.15, 0.2) is 5.78 Å². The standard InChI is InChI=1S/C15H15ClO4.Na/c1-2-20-15(19)14-11(7-9(17)8-13(14)18)10-5-3-4-6-12(10)16;/h3-6,8,11,14,18H,2,7H2,1H3;/q;+1/p-1. The van der Waals surface area contributed by atoms with Gasteiger partial charge >= 0.3 is 35.5 Å². The van der Waals surface area contributed by atoms with Crippen LogP contribution in [0.5, 0.6) is 0 Å². The minimum Gasteiger partial charge on any atom is -0.875 e. The second-order valence-electron chi connectivity index (χ2n) is 4.57. The summed E-state index contributed by atoms with van der Waals surface area (Å²) in [5.74, 6) is -2.96. The van der Waals surface area contributed by atoms with Gasteiger partial charge in [-0.1, -0.05) is 29.8 Å². The topological polar surface area (TPSA) is 66.4 Å². The van der Waals surface area contributed by atoms with Crippen molar-refractivity contribution in [1.29, 1.82) is 0 Å². The average Bonchev–Trinajstić information content (AvgIpc) is 2.38. The number of carbonyl (C=O) groups excluding carboxylic acids is 2. The molecule has 0 bridgehead atoms. The van der Waals surface area contributed by atoms with E-state index in [1.54, 1.807) is 31.2 Å². The molecule has 2 atom stereocenters. The van der Waals surface area contributed by atoms with E-state index < -0.39 is 23.6 Å². The molecule has 0 saturated heterocycles. The van der Waals surface area contributed by atoms with E-state index in [0.717, 1.165) is 6.08 Å². The maximum atomic E-state index is 12.0. The summed E-state index contributed by atoms with van der Waals surface area (Å²) >= 11 is 6.12. The molecular formula is C15H14ClNaO4. The molecule has 0 amide bonds. The van der Waals surface area contributed by atoms with Crippen molar-refractivity contribution in [2.75, 3.05) is 6.61 Å². The number of rotatable bonds is 3. The van der Waals surface area contributed by atoms with Crippen LogP contribution in [0.25, 0.3) is 0 Å². The monoisotopic (exact) mass is 316 g/mol. The molecule has 1 aromatic carbocycles. The SMILES string of the molecule is CCOC(=O)C1C([O-])=CC(=O)CC1c1ccccc1Cl.[Na+]. The van der Waals surface area contributed by atoms with Crippen LogP contribution in [0.4, 0.5) is 0 Å². The van der Waals surface area contributed by atoms with Crippen molar-refractivity contribution in [1.82, 2.24) is 0 Å². The van der Waals surface area contributed by atoms with E-state index in [1.165, 1.54) is 0 Å². The van der Waals surface area contributed by atoms with Gasteiger partial charge in [0, 0.05) is 17.4 Å². The summed E-state index contributed by atoms with van der Waals surface area (Å²) in [6.07, 6.45) is 1.06. The molecule has 0 fully saturated rings. The molecule has 1 aromatic rings. The number of halogens is 1. The molecule has 0 radical (unpaired) electrons. The molecule has 6 heteroatoms. The average molecular weight is 317 g/mol. The molecule has 1 aliphatic carbocycles. The molecule has 0 aromatic heterocycles. The number of benzene rings is 1. The third-order valence-electron chi connectivity index (χ3n) is 3.28. The van der Waals surface area contributed by atoms with Crippen molar-refractivity contribution in [3.05, 3.63) is 46.7 Å². The van der Waals surface area contributed by atoms with E-state index in [0.29, 0.717) is 10.6 Å². The van der Waals surface area contributed by atoms with E-state index in [-0.39, 0.29) is 48.4 Å². The number of esters is 1. The van der Waals surface area contributed by atoms with Gasteiger partial charge in [-0.05, 0) is 24.6 Å². The molecular weight excluding hydrogens is 303 g/mol. The molecule has 21 heavy (non-hydrogen) atoms. The predicted octanol–water partition coefficient (Wildman–Crippen LogP) is -1.18. The predicted molar refractivity (Wildman–Crippen MR) is 72.0 cm³/mol. The van der Waals surface area contributed by atoms with E-state index in [9.17, 15) is 14.7 Å². The van der Waals surface area contributed by atoms with Crippen LogP contribution in [0.1, 0.15) is 24.8 Å². The summed E-state index contributed by atoms with van der Waals surface area (Å²) in [6, 6.07) is 6.91. The number of ketones is 1. The molecule has 0 spiro atoms. The summed E-state index contributed by atoms with van der Waals surface area (Å²) < 4.78 is 4.94. The van der Waals surface area contributed by atoms with Crippen LogP contribution >= 0.6 is 11.6 Å². The Morgan fingerprint density at radius 1 is 1.43 bits per heavy atom. The zero-order valence-corrected chi connectivity index (χ0v) is 14.7. The maximum absolute atomic E-state index is 12.0. The molecule has 1 aliphatic rings. The number of hydrogen-bond donors (Lipinski definition) is 0. The van der Waals surface area contributed by atoms with Crippen LogP contribution < -0.4 is 34.7 Å². The summed E-state index contributed by atoms with van der Waals surface area (Å²) in [7, 11) is 0. The van der Waals surface area contributed by atoms with E-state index in [1.807, 2.05) is 0 Å². The second kappa shape index (κ2) is 7.99. The number of ether oxygens (including phenoxy) is 1. The van der Waals surface area contributed by atoms with Crippen LogP contribution in [0.3, 0.4) is 0 Å². The molecule has 2 unspecified atom stereocenters. The van der Waals surface area contributed by atoms with Gasteiger partial charge < -0.3 is 9.84 Å². The first-order valence-corrected chi connectivity index (χ1v) is 6.75. The Morgan fingerprint density at radius 2 is 2.10 bits per heavy atom. The van der Waals surface area contributed by atoms with Crippen LogP contribution in [0.15, 0.2) is 36.1 Å². The molecule has 0 saturated carbocycles. The van der Waals surface area contributed by atoms with Gasteiger partial charge in [0.1, 0.15) is 0 Å². The van der Waals surface area contributed by atoms with Crippen molar-refractivity contribution in [2.45, 2.75) is 19.3 Å². The fraction of sp³-hybridized carbons (Fsp3) is 0.333. The molecule has 0 heterocycles. The first-order chi connectivity index (χ1) is 9.54. The van der Waals surface area contributed by atoms with Gasteiger partial charge in [-0.3, -0.25) is 9.59 Å². The van der Waals surface area contributed by atoms with Gasteiger partial charge in [-0.2, -0.15) is 0 Å². The van der Waals surface area contributed by atoms with E-state index >= 15 is 0 Å².